The zero-order valence-corrected chi connectivity index (χ0v) is 27.6. The van der Waals surface area contributed by atoms with E-state index >= 15 is 0 Å². The predicted molar refractivity (Wildman–Crippen MR) is 185 cm³/mol. The molecule has 0 atom stereocenters. The van der Waals surface area contributed by atoms with Gasteiger partial charge in [-0.15, -0.1) is 29.6 Å². The van der Waals surface area contributed by atoms with Crippen molar-refractivity contribution in [2.75, 3.05) is 11.9 Å². The summed E-state index contributed by atoms with van der Waals surface area (Å²) in [6.45, 7) is 6.73. The molecule has 6 heteroatoms. The molecule has 1 aliphatic heterocycles. The van der Waals surface area contributed by atoms with Crippen molar-refractivity contribution in [3.63, 3.8) is 0 Å². The normalized spacial score (nSPS) is 15.8. The molecule has 3 aromatic heterocycles. The Balaban J connectivity index is 0.000000201. The van der Waals surface area contributed by atoms with Crippen LogP contribution >= 0.6 is 0 Å². The number of hydrogen-bond acceptors (Lipinski definition) is 4. The molecule has 226 valence electrons. The van der Waals surface area contributed by atoms with E-state index in [4.69, 9.17) is 18.1 Å². The number of anilines is 1. The maximum atomic E-state index is 8.80. The zero-order valence-electron chi connectivity index (χ0n) is 35.2. The van der Waals surface area contributed by atoms with Crippen molar-refractivity contribution in [2.24, 2.45) is 0 Å². The smallest absolute Gasteiger partial charge is 0.514 e. The van der Waals surface area contributed by atoms with Crippen LogP contribution in [0.1, 0.15) is 30.4 Å². The summed E-state index contributed by atoms with van der Waals surface area (Å²) in [4.78, 5) is 8.38. The van der Waals surface area contributed by atoms with Crippen LogP contribution < -0.4 is 4.90 Å². The molecule has 0 unspecified atom stereocenters. The van der Waals surface area contributed by atoms with E-state index in [0.717, 1.165) is 27.6 Å². The van der Waals surface area contributed by atoms with Crippen molar-refractivity contribution in [1.82, 2.24) is 14.3 Å². The van der Waals surface area contributed by atoms with Crippen LogP contribution in [-0.4, -0.2) is 21.3 Å². The number of para-hydroxylation sites is 1. The van der Waals surface area contributed by atoms with Crippen LogP contribution in [0.3, 0.4) is 0 Å². The Morgan fingerprint density at radius 1 is 0.870 bits per heavy atom. The van der Waals surface area contributed by atoms with E-state index in [2.05, 4.69) is 23.2 Å². The summed E-state index contributed by atoms with van der Waals surface area (Å²) in [5.74, 6) is 0. The number of benzene rings is 5. The van der Waals surface area contributed by atoms with Crippen molar-refractivity contribution in [2.45, 2.75) is 20.8 Å². The Morgan fingerprint density at radius 3 is 2.50 bits per heavy atom. The largest absolute Gasteiger partial charge is 3.00 e. The first-order valence-electron chi connectivity index (χ1n) is 19.3. The summed E-state index contributed by atoms with van der Waals surface area (Å²) in [5, 5.41) is 2.59. The Bertz CT molecular complexity index is 2970. The third-order valence-electron chi connectivity index (χ3n) is 7.84. The first-order chi connectivity index (χ1) is 26.1. The van der Waals surface area contributed by atoms with Crippen LogP contribution in [0.15, 0.2) is 114 Å². The van der Waals surface area contributed by atoms with E-state index in [0.29, 0.717) is 16.7 Å². The molecule has 5 aromatic carbocycles. The number of furan rings is 1. The van der Waals surface area contributed by atoms with Crippen molar-refractivity contribution in [3.05, 3.63) is 145 Å². The number of rotatable bonds is 2. The van der Waals surface area contributed by atoms with Gasteiger partial charge in [0.05, 0.1) is 20.9 Å². The minimum absolute atomic E-state index is 0. The molecule has 0 bridgehead atoms. The third-order valence-corrected chi connectivity index (χ3v) is 7.84. The summed E-state index contributed by atoms with van der Waals surface area (Å²) >= 11 is 0. The fourth-order valence-corrected chi connectivity index (χ4v) is 5.81. The summed E-state index contributed by atoms with van der Waals surface area (Å²) in [6.07, 6.45) is 3.72. The van der Waals surface area contributed by atoms with E-state index in [1.165, 1.54) is 11.3 Å². The topological polar surface area (TPSA) is 36.9 Å². The molecule has 4 heterocycles. The number of hydrogen-bond donors (Lipinski definition) is 0. The number of nitrogens with zero attached hydrogens (tertiary/aromatic N) is 4. The van der Waals surface area contributed by atoms with Gasteiger partial charge in [-0.05, 0) is 70.2 Å². The molecule has 0 spiro atoms. The van der Waals surface area contributed by atoms with Crippen molar-refractivity contribution in [1.29, 1.82) is 0 Å². The van der Waals surface area contributed by atoms with E-state index in [9.17, 15) is 0 Å². The van der Waals surface area contributed by atoms with Gasteiger partial charge in [-0.3, -0.25) is 4.98 Å². The average molecular weight is 786 g/mol. The molecule has 46 heavy (non-hydrogen) atoms. The third kappa shape index (κ3) is 4.86. The molecule has 9 rings (SSSR count). The second-order valence-electron chi connectivity index (χ2n) is 10.9. The summed E-state index contributed by atoms with van der Waals surface area (Å²) in [7, 11) is 2.00. The van der Waals surface area contributed by atoms with Gasteiger partial charge in [-0.2, -0.15) is 24.9 Å². The van der Waals surface area contributed by atoms with Crippen molar-refractivity contribution >= 4 is 54.9 Å². The molecule has 0 aliphatic carbocycles. The fourth-order valence-electron chi connectivity index (χ4n) is 5.81. The summed E-state index contributed by atoms with van der Waals surface area (Å²) in [6, 6.07) is 15.8. The monoisotopic (exact) mass is 786 g/mol. The van der Waals surface area contributed by atoms with Crippen LogP contribution in [0.2, 0.25) is 0 Å². The number of imidazole rings is 1. The van der Waals surface area contributed by atoms with E-state index < -0.39 is 6.04 Å². The second-order valence-corrected chi connectivity index (χ2v) is 10.9. The van der Waals surface area contributed by atoms with Gasteiger partial charge in [0.25, 0.3) is 0 Å². The molecular formula is C40H31IrN4O. The Labute approximate surface area is 295 Å². The number of aromatic nitrogens is 2. The molecule has 0 saturated carbocycles. The fraction of sp³-hybridized carbons (Fsp3) is 0.100. The average Bonchev–Trinajstić information content (AvgIpc) is 3.88. The van der Waals surface area contributed by atoms with Crippen molar-refractivity contribution < 1.29 is 38.2 Å². The molecule has 0 fully saturated rings. The minimum atomic E-state index is -0.403. The predicted octanol–water partition coefficient (Wildman–Crippen LogP) is 9.76. The van der Waals surface area contributed by atoms with Crippen LogP contribution in [0, 0.1) is 39.6 Å². The molecule has 1 aliphatic rings. The Kier molecular flexibility index (Phi) is 5.20. The van der Waals surface area contributed by atoms with Gasteiger partial charge in [0, 0.05) is 31.0 Å². The Hall–Kier alpha value is -4.90. The van der Waals surface area contributed by atoms with E-state index in [1.54, 1.807) is 13.8 Å². The minimum Gasteiger partial charge on any atom is -0.514 e. The van der Waals surface area contributed by atoms with Crippen molar-refractivity contribution in [3.8, 4) is 11.3 Å². The van der Waals surface area contributed by atoms with Gasteiger partial charge >= 0.3 is 20.1 Å². The van der Waals surface area contributed by atoms with Gasteiger partial charge < -0.3 is 18.6 Å². The molecule has 0 N–H and O–H groups in total. The molecule has 0 amide bonds. The van der Waals surface area contributed by atoms with Gasteiger partial charge in [0.2, 0.25) is 0 Å². The quantitative estimate of drug-likeness (QED) is 0.129. The zero-order chi connectivity index (χ0) is 39.4. The van der Waals surface area contributed by atoms with Gasteiger partial charge in [-0.25, -0.2) is 0 Å². The first-order valence-corrected chi connectivity index (χ1v) is 14.3. The number of fused-ring (bicyclic) bond motifs is 9. The molecule has 5 nitrogen and oxygen atoms in total. The second kappa shape index (κ2) is 11.8. The maximum Gasteiger partial charge on any atom is 3.00 e. The molecular weight excluding hydrogens is 745 g/mol. The van der Waals surface area contributed by atoms with Crippen LogP contribution in [0.5, 0.6) is 0 Å². The number of pyridine rings is 1. The van der Waals surface area contributed by atoms with E-state index in [1.807, 2.05) is 66.2 Å². The van der Waals surface area contributed by atoms with Gasteiger partial charge in [-0.1, -0.05) is 70.4 Å². The molecule has 0 saturated heterocycles. The maximum absolute atomic E-state index is 8.80. The van der Waals surface area contributed by atoms with Crippen LogP contribution in [0.25, 0.3) is 60.5 Å². The molecule has 8 aromatic rings. The molecule has 0 radical (unpaired) electrons. The first kappa shape index (κ1) is 20.3. The van der Waals surface area contributed by atoms with Gasteiger partial charge in [0.15, 0.2) is 0 Å². The Morgan fingerprint density at radius 2 is 1.70 bits per heavy atom. The van der Waals surface area contributed by atoms with Crippen LogP contribution in [-0.2, 0) is 20.1 Å². The van der Waals surface area contributed by atoms with Gasteiger partial charge in [0.1, 0.15) is 5.58 Å². The summed E-state index contributed by atoms with van der Waals surface area (Å²) in [5.41, 5.74) is 4.12. The standard InChI is InChI=1S/C24H19N2.C16H12N2O.Ir/c1-15-11-12-21-20(13-15)18-9-4-5-10-19(18)24-25-14-22(26(21)24)23-16(2)7-6-8-17(23)3;1-17-9-10-18(11-17)14-7-4-6-13-12-5-2-3-8-15(12)19-16(13)14;/h4-9,11-14H,1-3H3;2-6,8-11H,1H3;/q-1;-2;+3/i4D,5D,6D,7D,8D,9D,11D,12D,13D,14D;;. The summed E-state index contributed by atoms with van der Waals surface area (Å²) < 4.78 is 91.8. The van der Waals surface area contributed by atoms with Crippen LogP contribution in [0.4, 0.5) is 5.69 Å². The van der Waals surface area contributed by atoms with E-state index in [-0.39, 0.29) is 113 Å². The SMILES string of the molecule is CN1C=CN(c2[c-]ccc3c2oc2ccccc23)[CH-]1.[2H]c1[c-]c2c(c([2H])c1[2H])c1c([2H])c(C)c([2H])c([2H])c1n1c(-c3c(C)c([2H])c([2H])c([2H])c3C)c([2H])nc21.[Ir+3].